The smallest absolute Gasteiger partial charge is 0.377 e. The van der Waals surface area contributed by atoms with Crippen LogP contribution in [0.2, 0.25) is 5.54 Å². The van der Waals surface area contributed by atoms with Crippen LogP contribution >= 0.6 is 0 Å². The zero-order valence-corrected chi connectivity index (χ0v) is 8.42. The van der Waals surface area contributed by atoms with E-state index in [9.17, 15) is 0 Å². The lowest BCUT2D eigenvalue weighted by molar-refractivity contribution is 0.0979. The van der Waals surface area contributed by atoms with Gasteiger partial charge >= 0.3 is 8.80 Å². The normalized spacial score (nSPS) is 19.9. The van der Waals surface area contributed by atoms with Crippen molar-refractivity contribution in [2.75, 3.05) is 21.3 Å². The Bertz CT molecular complexity index is 113. The first-order valence-corrected chi connectivity index (χ1v) is 5.74. The summed E-state index contributed by atoms with van der Waals surface area (Å²) in [6.45, 7) is 0. The van der Waals surface area contributed by atoms with Gasteiger partial charge in [0.05, 0.1) is 0 Å². The summed E-state index contributed by atoms with van der Waals surface area (Å²) in [7, 11) is 2.80. The van der Waals surface area contributed by atoms with Crippen molar-refractivity contribution in [2.45, 2.75) is 24.8 Å². The van der Waals surface area contributed by atoms with Gasteiger partial charge in [-0.2, -0.15) is 0 Å². The van der Waals surface area contributed by atoms with Crippen molar-refractivity contribution in [3.8, 4) is 0 Å². The Hall–Kier alpha value is 0.0969. The summed E-state index contributed by atoms with van der Waals surface area (Å²) >= 11 is 0. The molecule has 0 atom stereocenters. The molecule has 1 saturated carbocycles. The average molecular weight is 176 g/mol. The van der Waals surface area contributed by atoms with Crippen LogP contribution in [0, 0.1) is 0 Å². The van der Waals surface area contributed by atoms with E-state index in [0.717, 1.165) is 0 Å². The van der Waals surface area contributed by atoms with E-state index in [1.54, 1.807) is 21.3 Å². The van der Waals surface area contributed by atoms with E-state index < -0.39 is 8.80 Å². The summed E-state index contributed by atoms with van der Waals surface area (Å²) in [4.78, 5) is 0. The van der Waals surface area contributed by atoms with Gasteiger partial charge in [-0.15, -0.1) is 0 Å². The minimum atomic E-state index is -2.23. The van der Waals surface area contributed by atoms with Gasteiger partial charge in [0, 0.05) is 26.9 Å². The highest BCUT2D eigenvalue weighted by Gasteiger charge is 2.49. The predicted molar refractivity (Wildman–Crippen MR) is 44.4 cm³/mol. The first-order valence-electron chi connectivity index (χ1n) is 3.94. The van der Waals surface area contributed by atoms with E-state index in [0.29, 0.717) is 5.54 Å². The van der Waals surface area contributed by atoms with Gasteiger partial charge in [-0.05, 0) is 12.8 Å². The number of rotatable bonds is 4. The van der Waals surface area contributed by atoms with Gasteiger partial charge in [-0.1, -0.05) is 6.42 Å². The summed E-state index contributed by atoms with van der Waals surface area (Å²) in [5.74, 6) is 0. The minimum absolute atomic E-state index is 0.544. The van der Waals surface area contributed by atoms with Gasteiger partial charge < -0.3 is 13.3 Å². The van der Waals surface area contributed by atoms with Crippen LogP contribution in [0.5, 0.6) is 0 Å². The third-order valence-electron chi connectivity index (χ3n) is 2.46. The molecule has 11 heavy (non-hydrogen) atoms. The maximum absolute atomic E-state index is 5.33. The monoisotopic (exact) mass is 176 g/mol. The molecule has 0 saturated heterocycles. The van der Waals surface area contributed by atoms with Crippen LogP contribution in [0.3, 0.4) is 0 Å². The van der Waals surface area contributed by atoms with Crippen LogP contribution in [0.25, 0.3) is 0 Å². The van der Waals surface area contributed by atoms with Crippen LogP contribution in [0.15, 0.2) is 0 Å². The second-order valence-corrected chi connectivity index (χ2v) is 6.09. The lowest BCUT2D eigenvalue weighted by atomic mass is 10.00. The third kappa shape index (κ3) is 1.49. The van der Waals surface area contributed by atoms with Gasteiger partial charge in [0.2, 0.25) is 0 Å². The Balaban J connectivity index is 2.54. The summed E-state index contributed by atoms with van der Waals surface area (Å²) in [5, 5.41) is 0. The fourth-order valence-corrected chi connectivity index (χ4v) is 4.13. The highest BCUT2D eigenvalue weighted by molar-refractivity contribution is 6.62. The maximum Gasteiger partial charge on any atom is 0.503 e. The molecule has 0 heterocycles. The van der Waals surface area contributed by atoms with Crippen molar-refractivity contribution in [1.29, 1.82) is 0 Å². The molecule has 1 rings (SSSR count). The maximum atomic E-state index is 5.33. The standard InChI is InChI=1S/C7H16O3Si/c1-8-11(9-2,10-3)7-5-4-6-7/h7H,4-6H2,1-3H3. The Morgan fingerprint density at radius 3 is 1.55 bits per heavy atom. The molecule has 0 aromatic carbocycles. The molecule has 0 N–H and O–H groups in total. The van der Waals surface area contributed by atoms with Gasteiger partial charge in [0.25, 0.3) is 0 Å². The molecule has 1 aliphatic rings. The van der Waals surface area contributed by atoms with Crippen molar-refractivity contribution in [3.63, 3.8) is 0 Å². The molecule has 0 unspecified atom stereocenters. The summed E-state index contributed by atoms with van der Waals surface area (Å²) in [5.41, 5.74) is 0.544. The Morgan fingerprint density at radius 2 is 1.45 bits per heavy atom. The highest BCUT2D eigenvalue weighted by Crippen LogP contribution is 2.41. The molecular weight excluding hydrogens is 160 g/mol. The van der Waals surface area contributed by atoms with Crippen LogP contribution in [0.1, 0.15) is 19.3 Å². The van der Waals surface area contributed by atoms with E-state index in [1.807, 2.05) is 0 Å². The molecular formula is C7H16O3Si. The van der Waals surface area contributed by atoms with Crippen molar-refractivity contribution in [1.82, 2.24) is 0 Å². The lowest BCUT2D eigenvalue weighted by Gasteiger charge is -2.37. The van der Waals surface area contributed by atoms with Crippen LogP contribution in [-0.4, -0.2) is 30.1 Å². The predicted octanol–water partition coefficient (Wildman–Crippen LogP) is 1.42. The van der Waals surface area contributed by atoms with Crippen LogP contribution in [0.4, 0.5) is 0 Å². The molecule has 0 spiro atoms. The number of hydrogen-bond donors (Lipinski definition) is 0. The SMILES string of the molecule is CO[Si](OC)(OC)C1CCC1. The molecule has 0 amide bonds. The lowest BCUT2D eigenvalue weighted by Crippen LogP contribution is -2.49. The van der Waals surface area contributed by atoms with Gasteiger partial charge in [0.1, 0.15) is 0 Å². The molecule has 1 fully saturated rings. The van der Waals surface area contributed by atoms with Crippen molar-refractivity contribution in [2.24, 2.45) is 0 Å². The Labute approximate surface area is 69.0 Å². The van der Waals surface area contributed by atoms with Gasteiger partial charge in [0.15, 0.2) is 0 Å². The zero-order chi connectivity index (χ0) is 8.32. The first-order chi connectivity index (χ1) is 5.29. The summed E-state index contributed by atoms with van der Waals surface area (Å²) in [6, 6.07) is 0. The Morgan fingerprint density at radius 1 is 1.00 bits per heavy atom. The van der Waals surface area contributed by atoms with Crippen molar-refractivity contribution < 1.29 is 13.3 Å². The van der Waals surface area contributed by atoms with Gasteiger partial charge in [-0.25, -0.2) is 0 Å². The summed E-state index contributed by atoms with van der Waals surface area (Å²) < 4.78 is 16.0. The minimum Gasteiger partial charge on any atom is -0.377 e. The zero-order valence-electron chi connectivity index (χ0n) is 7.42. The van der Waals surface area contributed by atoms with E-state index >= 15 is 0 Å². The molecule has 0 bridgehead atoms. The molecule has 0 radical (unpaired) electrons. The first kappa shape index (κ1) is 9.19. The Kier molecular flexibility index (Phi) is 3.06. The molecule has 66 valence electrons. The van der Waals surface area contributed by atoms with Crippen LogP contribution < -0.4 is 0 Å². The molecule has 0 aromatic rings. The molecule has 4 heteroatoms. The second kappa shape index (κ2) is 3.67. The topological polar surface area (TPSA) is 27.7 Å². The van der Waals surface area contributed by atoms with E-state index in [-0.39, 0.29) is 0 Å². The third-order valence-corrected chi connectivity index (χ3v) is 5.74. The van der Waals surface area contributed by atoms with Crippen LogP contribution in [-0.2, 0) is 13.3 Å². The fourth-order valence-electron chi connectivity index (χ4n) is 1.51. The van der Waals surface area contributed by atoms with Gasteiger partial charge in [-0.3, -0.25) is 0 Å². The largest absolute Gasteiger partial charge is 0.503 e. The second-order valence-electron chi connectivity index (χ2n) is 2.84. The molecule has 0 aliphatic heterocycles. The van der Waals surface area contributed by atoms with E-state index in [4.69, 9.17) is 13.3 Å². The van der Waals surface area contributed by atoms with Crippen molar-refractivity contribution in [3.05, 3.63) is 0 Å². The van der Waals surface area contributed by atoms with E-state index in [2.05, 4.69) is 0 Å². The fraction of sp³-hybridized carbons (Fsp3) is 1.00. The molecule has 1 aliphatic carbocycles. The van der Waals surface area contributed by atoms with E-state index in [1.165, 1.54) is 19.3 Å². The quantitative estimate of drug-likeness (QED) is 0.606. The summed E-state index contributed by atoms with van der Waals surface area (Å²) in [6.07, 6.45) is 3.68. The number of hydrogen-bond acceptors (Lipinski definition) is 3. The highest BCUT2D eigenvalue weighted by atomic mass is 28.4. The molecule has 0 aromatic heterocycles. The van der Waals surface area contributed by atoms with Crippen molar-refractivity contribution >= 4 is 8.80 Å². The molecule has 3 nitrogen and oxygen atoms in total. The average Bonchev–Trinajstić information content (AvgIpc) is 1.97.